The number of benzene rings is 1. The number of thiazole rings is 1. The van der Waals surface area contributed by atoms with Gasteiger partial charge in [-0.05, 0) is 25.0 Å². The highest BCUT2D eigenvalue weighted by Crippen LogP contribution is 2.36. The van der Waals surface area contributed by atoms with Gasteiger partial charge in [0, 0.05) is 22.9 Å². The Morgan fingerprint density at radius 2 is 2.31 bits per heavy atom. The summed E-state index contributed by atoms with van der Waals surface area (Å²) in [5, 5.41) is 16.1. The van der Waals surface area contributed by atoms with Crippen LogP contribution in [0.25, 0.3) is 4.96 Å². The van der Waals surface area contributed by atoms with Crippen LogP contribution in [0.15, 0.2) is 24.3 Å². The molecule has 2 N–H and O–H groups in total. The second-order valence-corrected chi connectivity index (χ2v) is 8.66. The Morgan fingerprint density at radius 1 is 1.46 bits per heavy atom. The van der Waals surface area contributed by atoms with Gasteiger partial charge in [0.1, 0.15) is 4.88 Å². The van der Waals surface area contributed by atoms with Crippen LogP contribution in [-0.2, 0) is 6.42 Å². The minimum absolute atomic E-state index is 0.0510. The Bertz CT molecular complexity index is 922. The maximum absolute atomic E-state index is 10.9. The molecule has 4 rings (SSSR count). The van der Waals surface area contributed by atoms with E-state index in [0.29, 0.717) is 5.92 Å². The molecule has 1 aromatic carbocycles. The minimum Gasteiger partial charge on any atom is -0.492 e. The lowest BCUT2D eigenvalue weighted by Gasteiger charge is -2.34. The number of hydrogen-bond donors (Lipinski definition) is 2. The average Bonchev–Trinajstić information content (AvgIpc) is 3.15. The predicted octanol–water partition coefficient (Wildman–Crippen LogP) is 3.12. The quantitative estimate of drug-likeness (QED) is 0.718. The van der Waals surface area contributed by atoms with E-state index in [-0.39, 0.29) is 11.9 Å². The summed E-state index contributed by atoms with van der Waals surface area (Å²) in [5.74, 6) is 1.65. The molecule has 1 aliphatic heterocycles. The van der Waals surface area contributed by atoms with Crippen LogP contribution >= 0.6 is 22.9 Å². The number of likely N-dealkylation sites (tertiary alicyclic amines) is 1. The van der Waals surface area contributed by atoms with E-state index in [0.717, 1.165) is 45.8 Å². The van der Waals surface area contributed by atoms with Crippen molar-refractivity contribution in [2.45, 2.75) is 39.2 Å². The number of aryl methyl sites for hydroxylation is 1. The van der Waals surface area contributed by atoms with Crippen molar-refractivity contribution in [2.24, 2.45) is 5.92 Å². The van der Waals surface area contributed by atoms with Gasteiger partial charge in [0.05, 0.1) is 13.1 Å². The van der Waals surface area contributed by atoms with Crippen LogP contribution in [0.2, 0.25) is 5.02 Å². The van der Waals surface area contributed by atoms with E-state index in [2.05, 4.69) is 23.1 Å². The SMILES string of the molecule is CCc1nc2sc([C@H](c3cccc(Cl)c3)[NH+]3CCC[C@H](C)C3)c(O)n2n1. The van der Waals surface area contributed by atoms with Crippen LogP contribution in [0.4, 0.5) is 0 Å². The number of aromatic hydroxyl groups is 1. The number of nitrogens with one attached hydrogen (secondary N) is 1. The van der Waals surface area contributed by atoms with Crippen LogP contribution in [0.1, 0.15) is 49.0 Å². The Kier molecular flexibility index (Phi) is 4.90. The summed E-state index contributed by atoms with van der Waals surface area (Å²) in [6.45, 7) is 6.51. The van der Waals surface area contributed by atoms with Crippen molar-refractivity contribution < 1.29 is 10.0 Å². The van der Waals surface area contributed by atoms with Crippen molar-refractivity contribution in [3.63, 3.8) is 0 Å². The number of hydrogen-bond acceptors (Lipinski definition) is 4. The highest BCUT2D eigenvalue weighted by molar-refractivity contribution is 7.17. The normalized spacial score (nSPS) is 22.0. The van der Waals surface area contributed by atoms with Gasteiger partial charge in [-0.2, -0.15) is 4.52 Å². The van der Waals surface area contributed by atoms with Gasteiger partial charge in [-0.3, -0.25) is 0 Å². The first-order valence-electron chi connectivity index (χ1n) is 9.24. The molecule has 0 bridgehead atoms. The second kappa shape index (κ2) is 7.18. The molecule has 7 heteroatoms. The van der Waals surface area contributed by atoms with Crippen LogP contribution in [-0.4, -0.2) is 32.8 Å². The lowest BCUT2D eigenvalue weighted by Crippen LogP contribution is -3.13. The Labute approximate surface area is 162 Å². The first-order chi connectivity index (χ1) is 12.6. The van der Waals surface area contributed by atoms with Gasteiger partial charge in [-0.25, -0.2) is 4.98 Å². The van der Waals surface area contributed by atoms with E-state index < -0.39 is 0 Å². The summed E-state index contributed by atoms with van der Waals surface area (Å²) in [4.78, 5) is 7.70. The fourth-order valence-electron chi connectivity index (χ4n) is 3.98. The molecule has 0 amide bonds. The summed E-state index contributed by atoms with van der Waals surface area (Å²) in [7, 11) is 0. The van der Waals surface area contributed by atoms with Crippen molar-refractivity contribution >= 4 is 27.9 Å². The van der Waals surface area contributed by atoms with E-state index in [4.69, 9.17) is 11.6 Å². The maximum Gasteiger partial charge on any atom is 0.235 e. The molecule has 0 radical (unpaired) electrons. The number of aromatic nitrogens is 3. The molecule has 138 valence electrons. The number of halogens is 1. The van der Waals surface area contributed by atoms with Crippen LogP contribution in [0.5, 0.6) is 5.88 Å². The maximum atomic E-state index is 10.9. The fraction of sp³-hybridized carbons (Fsp3) is 0.474. The number of quaternary nitrogens is 1. The van der Waals surface area contributed by atoms with Gasteiger partial charge in [0.2, 0.25) is 10.8 Å². The van der Waals surface area contributed by atoms with E-state index in [1.54, 1.807) is 4.52 Å². The predicted molar refractivity (Wildman–Crippen MR) is 104 cm³/mol. The van der Waals surface area contributed by atoms with Crippen LogP contribution < -0.4 is 4.90 Å². The Morgan fingerprint density at radius 3 is 3.00 bits per heavy atom. The topological polar surface area (TPSA) is 54.9 Å². The molecule has 0 saturated carbocycles. The first-order valence-corrected chi connectivity index (χ1v) is 10.4. The molecule has 3 heterocycles. The smallest absolute Gasteiger partial charge is 0.235 e. The number of piperidine rings is 1. The molecule has 26 heavy (non-hydrogen) atoms. The van der Waals surface area contributed by atoms with Gasteiger partial charge in [-0.15, -0.1) is 5.10 Å². The van der Waals surface area contributed by atoms with E-state index in [9.17, 15) is 5.11 Å². The molecule has 3 atom stereocenters. The van der Waals surface area contributed by atoms with Crippen LogP contribution in [0.3, 0.4) is 0 Å². The van der Waals surface area contributed by atoms with Gasteiger partial charge in [0.25, 0.3) is 0 Å². The highest BCUT2D eigenvalue weighted by atomic mass is 35.5. The summed E-state index contributed by atoms with van der Waals surface area (Å²) in [6, 6.07) is 8.06. The highest BCUT2D eigenvalue weighted by Gasteiger charge is 2.35. The van der Waals surface area contributed by atoms with Crippen molar-refractivity contribution in [2.75, 3.05) is 13.1 Å². The Balaban J connectivity index is 1.82. The third-order valence-corrected chi connectivity index (χ3v) is 6.54. The molecule has 1 saturated heterocycles. The third kappa shape index (κ3) is 3.21. The molecule has 1 aliphatic rings. The monoisotopic (exact) mass is 391 g/mol. The van der Waals surface area contributed by atoms with Gasteiger partial charge in [0.15, 0.2) is 11.9 Å². The van der Waals surface area contributed by atoms with Crippen molar-refractivity contribution in [3.05, 3.63) is 45.6 Å². The van der Waals surface area contributed by atoms with Crippen molar-refractivity contribution in [3.8, 4) is 5.88 Å². The number of fused-ring (bicyclic) bond motifs is 1. The molecular formula is C19H24ClN4OS+. The molecular weight excluding hydrogens is 368 g/mol. The van der Waals surface area contributed by atoms with Gasteiger partial charge in [-0.1, -0.05) is 48.9 Å². The van der Waals surface area contributed by atoms with Gasteiger partial charge >= 0.3 is 0 Å². The van der Waals surface area contributed by atoms with Crippen molar-refractivity contribution in [1.82, 2.24) is 14.6 Å². The molecule has 3 aromatic rings. The summed E-state index contributed by atoms with van der Waals surface area (Å²) in [6.07, 6.45) is 3.23. The van der Waals surface area contributed by atoms with E-state index >= 15 is 0 Å². The third-order valence-electron chi connectivity index (χ3n) is 5.22. The largest absolute Gasteiger partial charge is 0.492 e. The van der Waals surface area contributed by atoms with E-state index in [1.807, 2.05) is 25.1 Å². The molecule has 2 aromatic heterocycles. The summed E-state index contributed by atoms with van der Waals surface area (Å²) >= 11 is 7.82. The zero-order valence-corrected chi connectivity index (χ0v) is 16.6. The zero-order chi connectivity index (χ0) is 18.3. The number of nitrogens with zero attached hydrogens (tertiary/aromatic N) is 3. The molecule has 0 spiro atoms. The van der Waals surface area contributed by atoms with Crippen molar-refractivity contribution in [1.29, 1.82) is 0 Å². The lowest BCUT2D eigenvalue weighted by molar-refractivity contribution is -0.933. The molecule has 0 aliphatic carbocycles. The zero-order valence-electron chi connectivity index (χ0n) is 15.1. The standard InChI is InChI=1S/C19H23ClN4OS/c1-3-15-21-19-24(22-15)18(25)17(26-19)16(13-7-4-8-14(20)10-13)23-9-5-6-12(2)11-23/h4,7-8,10,12,16,25H,3,5-6,9,11H2,1-2H3/p+1/t12-,16-/m0/s1. The lowest BCUT2D eigenvalue weighted by atomic mass is 9.95. The summed E-state index contributed by atoms with van der Waals surface area (Å²) in [5.41, 5.74) is 1.14. The fourth-order valence-corrected chi connectivity index (χ4v) is 5.34. The Hall–Kier alpha value is -1.63. The van der Waals surface area contributed by atoms with Gasteiger partial charge < -0.3 is 10.0 Å². The van der Waals surface area contributed by atoms with Crippen LogP contribution in [0, 0.1) is 5.92 Å². The summed E-state index contributed by atoms with van der Waals surface area (Å²) < 4.78 is 1.59. The second-order valence-electron chi connectivity index (χ2n) is 7.21. The molecule has 1 unspecified atom stereocenters. The average molecular weight is 392 g/mol. The minimum atomic E-state index is 0.0510. The number of rotatable bonds is 4. The first kappa shape index (κ1) is 17.8. The van der Waals surface area contributed by atoms with E-state index in [1.165, 1.54) is 29.1 Å². The molecule has 5 nitrogen and oxygen atoms in total. The molecule has 1 fully saturated rings.